The Labute approximate surface area is 160 Å². The van der Waals surface area contributed by atoms with Crippen molar-refractivity contribution in [1.29, 1.82) is 5.26 Å². The first-order valence-electron chi connectivity index (χ1n) is 7.96. The van der Waals surface area contributed by atoms with Crippen LogP contribution in [0, 0.1) is 11.3 Å². The minimum Gasteiger partial charge on any atom is -0.342 e. The maximum absolute atomic E-state index is 12.0. The van der Waals surface area contributed by atoms with Gasteiger partial charge in [0.15, 0.2) is 0 Å². The second-order valence-electron chi connectivity index (χ2n) is 5.85. The largest absolute Gasteiger partial charge is 0.342 e. The van der Waals surface area contributed by atoms with Gasteiger partial charge < -0.3 is 9.88 Å². The summed E-state index contributed by atoms with van der Waals surface area (Å²) in [5, 5.41) is 13.0. The van der Waals surface area contributed by atoms with Crippen LogP contribution in [0.2, 0.25) is 0 Å². The van der Waals surface area contributed by atoms with Crippen LogP contribution in [0.1, 0.15) is 16.7 Å². The third kappa shape index (κ3) is 3.03. The van der Waals surface area contributed by atoms with Crippen LogP contribution in [0.3, 0.4) is 0 Å². The van der Waals surface area contributed by atoms with E-state index in [1.54, 1.807) is 0 Å². The van der Waals surface area contributed by atoms with Crippen LogP contribution in [0.15, 0.2) is 59.6 Å². The molecule has 0 radical (unpaired) electrons. The summed E-state index contributed by atoms with van der Waals surface area (Å²) >= 11 is 6.34. The predicted molar refractivity (Wildman–Crippen MR) is 109 cm³/mol. The number of thioether (sulfide) groups is 1. The third-order valence-corrected chi connectivity index (χ3v) is 5.39. The Morgan fingerprint density at radius 1 is 1.19 bits per heavy atom. The van der Waals surface area contributed by atoms with Crippen molar-refractivity contribution < 1.29 is 4.79 Å². The number of amides is 1. The highest BCUT2D eigenvalue weighted by molar-refractivity contribution is 8.26. The molecule has 1 amide bonds. The van der Waals surface area contributed by atoms with Gasteiger partial charge in [-0.3, -0.25) is 4.79 Å². The number of nitrogens with zero attached hydrogens (tertiary/aromatic N) is 2. The first-order chi connectivity index (χ1) is 12.7. The number of hydrogen-bond acceptors (Lipinski definition) is 4. The fourth-order valence-corrected chi connectivity index (χ4v) is 4.07. The second kappa shape index (κ2) is 6.79. The molecule has 1 aliphatic rings. The molecule has 1 aromatic heterocycles. The quantitative estimate of drug-likeness (QED) is 0.554. The SMILES string of the molecule is N#Cc1ccccc1Cn1cc(/C=C2/SC(=S)NC2=O)c2ccccc21. The van der Waals surface area contributed by atoms with Gasteiger partial charge in [0.1, 0.15) is 4.32 Å². The molecule has 3 aromatic rings. The van der Waals surface area contributed by atoms with Crippen molar-refractivity contribution >= 4 is 51.2 Å². The number of fused-ring (bicyclic) bond motifs is 1. The molecule has 126 valence electrons. The zero-order valence-corrected chi connectivity index (χ0v) is 15.2. The molecule has 0 spiro atoms. The number of thiocarbonyl (C=S) groups is 1. The zero-order chi connectivity index (χ0) is 18.1. The lowest BCUT2D eigenvalue weighted by atomic mass is 10.1. The van der Waals surface area contributed by atoms with Crippen molar-refractivity contribution in [3.8, 4) is 6.07 Å². The molecule has 0 bridgehead atoms. The Morgan fingerprint density at radius 2 is 1.96 bits per heavy atom. The minimum atomic E-state index is -0.161. The maximum atomic E-state index is 12.0. The molecule has 1 fully saturated rings. The van der Waals surface area contributed by atoms with E-state index in [0.717, 1.165) is 22.0 Å². The summed E-state index contributed by atoms with van der Waals surface area (Å²) in [5.74, 6) is -0.161. The van der Waals surface area contributed by atoms with Crippen LogP contribution in [0.25, 0.3) is 17.0 Å². The van der Waals surface area contributed by atoms with E-state index in [2.05, 4.69) is 16.0 Å². The summed E-state index contributed by atoms with van der Waals surface area (Å²) in [6.07, 6.45) is 3.88. The van der Waals surface area contributed by atoms with E-state index in [1.807, 2.05) is 60.8 Å². The second-order valence-corrected chi connectivity index (χ2v) is 7.57. The summed E-state index contributed by atoms with van der Waals surface area (Å²) in [5.41, 5.74) is 3.64. The molecule has 0 aliphatic carbocycles. The summed E-state index contributed by atoms with van der Waals surface area (Å²) in [7, 11) is 0. The number of nitrogens with one attached hydrogen (secondary N) is 1. The highest BCUT2D eigenvalue weighted by Crippen LogP contribution is 2.30. The van der Waals surface area contributed by atoms with E-state index in [-0.39, 0.29) is 5.91 Å². The summed E-state index contributed by atoms with van der Waals surface area (Å²) in [4.78, 5) is 12.6. The monoisotopic (exact) mass is 375 g/mol. The average Bonchev–Trinajstić information content (AvgIpc) is 3.15. The highest BCUT2D eigenvalue weighted by atomic mass is 32.2. The predicted octanol–water partition coefficient (Wildman–Crippen LogP) is 4.05. The van der Waals surface area contributed by atoms with Crippen LogP contribution in [-0.2, 0) is 11.3 Å². The van der Waals surface area contributed by atoms with E-state index in [9.17, 15) is 10.1 Å². The Bertz CT molecular complexity index is 1120. The van der Waals surface area contributed by atoms with Crippen LogP contribution < -0.4 is 5.32 Å². The first kappa shape index (κ1) is 16.6. The van der Waals surface area contributed by atoms with E-state index in [0.29, 0.717) is 21.3 Å². The standard InChI is InChI=1S/C20H13N3OS2/c21-10-13-5-1-2-6-14(13)11-23-12-15(16-7-3-4-8-17(16)23)9-18-19(24)22-20(25)26-18/h1-9,12H,11H2,(H,22,24,25)/b18-9+. The lowest BCUT2D eigenvalue weighted by Gasteiger charge is -2.07. The van der Waals surface area contributed by atoms with E-state index >= 15 is 0 Å². The number of carbonyl (C=O) groups excluding carboxylic acids is 1. The molecule has 0 unspecified atom stereocenters. The zero-order valence-electron chi connectivity index (χ0n) is 13.6. The summed E-state index contributed by atoms with van der Waals surface area (Å²) in [6, 6.07) is 17.9. The number of carbonyl (C=O) groups is 1. The highest BCUT2D eigenvalue weighted by Gasteiger charge is 2.22. The molecule has 2 heterocycles. The number of para-hydroxylation sites is 1. The summed E-state index contributed by atoms with van der Waals surface area (Å²) < 4.78 is 2.58. The van der Waals surface area contributed by atoms with Crippen LogP contribution in [0.4, 0.5) is 0 Å². The number of rotatable bonds is 3. The molecule has 0 saturated carbocycles. The van der Waals surface area contributed by atoms with Crippen molar-refractivity contribution in [2.45, 2.75) is 6.54 Å². The normalized spacial score (nSPS) is 15.4. The van der Waals surface area contributed by atoms with Crippen LogP contribution in [0.5, 0.6) is 0 Å². The van der Waals surface area contributed by atoms with Gasteiger partial charge >= 0.3 is 0 Å². The third-order valence-electron chi connectivity index (χ3n) is 4.23. The molecule has 2 aromatic carbocycles. The van der Waals surface area contributed by atoms with Gasteiger partial charge in [0.05, 0.1) is 16.5 Å². The lowest BCUT2D eigenvalue weighted by Crippen LogP contribution is -2.17. The number of nitriles is 1. The first-order valence-corrected chi connectivity index (χ1v) is 9.19. The van der Waals surface area contributed by atoms with E-state index in [4.69, 9.17) is 12.2 Å². The van der Waals surface area contributed by atoms with Crippen LogP contribution >= 0.6 is 24.0 Å². The van der Waals surface area contributed by atoms with Crippen molar-refractivity contribution in [1.82, 2.24) is 9.88 Å². The van der Waals surface area contributed by atoms with Gasteiger partial charge in [-0.1, -0.05) is 60.4 Å². The Morgan fingerprint density at radius 3 is 2.73 bits per heavy atom. The van der Waals surface area contributed by atoms with Crippen molar-refractivity contribution in [3.63, 3.8) is 0 Å². The van der Waals surface area contributed by atoms with Crippen LogP contribution in [-0.4, -0.2) is 14.8 Å². The van der Waals surface area contributed by atoms with Gasteiger partial charge in [0, 0.05) is 29.2 Å². The average molecular weight is 375 g/mol. The van der Waals surface area contributed by atoms with Gasteiger partial charge in [-0.2, -0.15) is 5.26 Å². The Hall–Kier alpha value is -2.88. The van der Waals surface area contributed by atoms with Crippen molar-refractivity contribution in [2.24, 2.45) is 0 Å². The topological polar surface area (TPSA) is 57.8 Å². The molecule has 1 saturated heterocycles. The van der Waals surface area contributed by atoms with Gasteiger partial charge in [-0.15, -0.1) is 0 Å². The van der Waals surface area contributed by atoms with Gasteiger partial charge in [0.2, 0.25) is 0 Å². The molecule has 4 nitrogen and oxygen atoms in total. The lowest BCUT2D eigenvalue weighted by molar-refractivity contribution is -0.115. The molecular formula is C20H13N3OS2. The summed E-state index contributed by atoms with van der Waals surface area (Å²) in [6.45, 7) is 0.588. The minimum absolute atomic E-state index is 0.161. The van der Waals surface area contributed by atoms with Gasteiger partial charge in [0.25, 0.3) is 5.91 Å². The van der Waals surface area contributed by atoms with Crippen molar-refractivity contribution in [2.75, 3.05) is 0 Å². The molecule has 26 heavy (non-hydrogen) atoms. The van der Waals surface area contributed by atoms with Crippen molar-refractivity contribution in [3.05, 3.63) is 76.3 Å². The van der Waals surface area contributed by atoms with E-state index < -0.39 is 0 Å². The Kier molecular flexibility index (Phi) is 4.33. The fourth-order valence-electron chi connectivity index (χ4n) is 3.03. The Balaban J connectivity index is 1.80. The molecule has 0 atom stereocenters. The van der Waals surface area contributed by atoms with Gasteiger partial charge in [-0.25, -0.2) is 0 Å². The van der Waals surface area contributed by atoms with E-state index in [1.165, 1.54) is 11.8 Å². The molecule has 4 rings (SSSR count). The molecule has 1 N–H and O–H groups in total. The smallest absolute Gasteiger partial charge is 0.263 e. The number of hydrogen-bond donors (Lipinski definition) is 1. The van der Waals surface area contributed by atoms with Gasteiger partial charge in [-0.05, 0) is 23.8 Å². The maximum Gasteiger partial charge on any atom is 0.263 e. The molecular weight excluding hydrogens is 362 g/mol. The molecule has 6 heteroatoms. The molecule has 1 aliphatic heterocycles. The number of aromatic nitrogens is 1. The number of benzene rings is 2. The fraction of sp³-hybridized carbons (Fsp3) is 0.0500.